The number of rotatable bonds is 4. The minimum atomic E-state index is -4.04. The molecule has 0 saturated carbocycles. The van der Waals surface area contributed by atoms with Crippen molar-refractivity contribution in [1.29, 1.82) is 0 Å². The molecule has 2 rings (SSSR count). The highest BCUT2D eigenvalue weighted by Gasteiger charge is 2.40. The molecule has 1 heterocycles. The van der Waals surface area contributed by atoms with Gasteiger partial charge >= 0.3 is 6.18 Å². The van der Waals surface area contributed by atoms with Crippen LogP contribution < -0.4 is 5.73 Å². The maximum absolute atomic E-state index is 12.6. The molecular weight excluding hydrogens is 345 g/mol. The number of halogens is 4. The third-order valence-electron chi connectivity index (χ3n) is 4.08. The van der Waals surface area contributed by atoms with Crippen LogP contribution in [0.5, 0.6) is 0 Å². The molecule has 6 heteroatoms. The van der Waals surface area contributed by atoms with E-state index in [1.165, 1.54) is 0 Å². The lowest BCUT2D eigenvalue weighted by Crippen LogP contribution is -2.39. The summed E-state index contributed by atoms with van der Waals surface area (Å²) in [6.45, 7) is 1.77. The van der Waals surface area contributed by atoms with Gasteiger partial charge in [0.15, 0.2) is 0 Å². The van der Waals surface area contributed by atoms with Crippen molar-refractivity contribution in [2.45, 2.75) is 31.5 Å². The van der Waals surface area contributed by atoms with Gasteiger partial charge in [-0.15, -0.1) is 0 Å². The predicted octanol–water partition coefficient (Wildman–Crippen LogP) is 4.11. The van der Waals surface area contributed by atoms with Gasteiger partial charge in [0, 0.05) is 10.5 Å². The highest BCUT2D eigenvalue weighted by molar-refractivity contribution is 9.10. The zero-order chi connectivity index (χ0) is 15.5. The highest BCUT2D eigenvalue weighted by Crippen LogP contribution is 2.34. The Morgan fingerprint density at radius 1 is 1.29 bits per heavy atom. The molecule has 118 valence electrons. The lowest BCUT2D eigenvalue weighted by molar-refractivity contribution is -0.185. The van der Waals surface area contributed by atoms with Crippen molar-refractivity contribution in [3.63, 3.8) is 0 Å². The Bertz CT molecular complexity index is 456. The standard InChI is InChI=1S/C15H20BrF3N2/c16-13-3-1-2-11(10-13)14(20)6-9-21-7-4-12(5-8-21)15(17,18)19/h1-3,10,12,14H,4-9,20H2. The fourth-order valence-corrected chi connectivity index (χ4v) is 3.13. The summed E-state index contributed by atoms with van der Waals surface area (Å²) in [5.41, 5.74) is 7.20. The minimum Gasteiger partial charge on any atom is -0.324 e. The number of likely N-dealkylation sites (tertiary alicyclic amines) is 1. The van der Waals surface area contributed by atoms with E-state index in [9.17, 15) is 13.2 Å². The average molecular weight is 365 g/mol. The molecular formula is C15H20BrF3N2. The van der Waals surface area contributed by atoms with Crippen molar-refractivity contribution in [2.75, 3.05) is 19.6 Å². The monoisotopic (exact) mass is 364 g/mol. The normalized spacial score (nSPS) is 19.7. The molecule has 0 spiro atoms. The molecule has 1 aliphatic heterocycles. The van der Waals surface area contributed by atoms with Gasteiger partial charge < -0.3 is 10.6 Å². The smallest absolute Gasteiger partial charge is 0.324 e. The van der Waals surface area contributed by atoms with Gasteiger partial charge in [-0.25, -0.2) is 0 Å². The number of hydrogen-bond donors (Lipinski definition) is 1. The fourth-order valence-electron chi connectivity index (χ4n) is 2.71. The van der Waals surface area contributed by atoms with E-state index in [0.29, 0.717) is 13.1 Å². The minimum absolute atomic E-state index is 0.0807. The molecule has 0 radical (unpaired) electrons. The Balaban J connectivity index is 1.77. The van der Waals surface area contributed by atoms with E-state index >= 15 is 0 Å². The van der Waals surface area contributed by atoms with Crippen molar-refractivity contribution < 1.29 is 13.2 Å². The van der Waals surface area contributed by atoms with Gasteiger partial charge in [0.2, 0.25) is 0 Å². The molecule has 0 bridgehead atoms. The van der Waals surface area contributed by atoms with E-state index in [4.69, 9.17) is 5.73 Å². The van der Waals surface area contributed by atoms with Gasteiger partial charge in [-0.3, -0.25) is 0 Å². The van der Waals surface area contributed by atoms with Crippen LogP contribution >= 0.6 is 15.9 Å². The van der Waals surface area contributed by atoms with Crippen molar-refractivity contribution in [3.05, 3.63) is 34.3 Å². The lowest BCUT2D eigenvalue weighted by Gasteiger charge is -2.33. The summed E-state index contributed by atoms with van der Waals surface area (Å²) in [5, 5.41) is 0. The Morgan fingerprint density at radius 2 is 1.95 bits per heavy atom. The quantitative estimate of drug-likeness (QED) is 0.870. The molecule has 1 fully saturated rings. The first kappa shape index (κ1) is 16.8. The van der Waals surface area contributed by atoms with Gasteiger partial charge in [-0.1, -0.05) is 28.1 Å². The van der Waals surface area contributed by atoms with Crippen molar-refractivity contribution in [3.8, 4) is 0 Å². The molecule has 1 aromatic rings. The van der Waals surface area contributed by atoms with Crippen molar-refractivity contribution >= 4 is 15.9 Å². The largest absolute Gasteiger partial charge is 0.391 e. The highest BCUT2D eigenvalue weighted by atomic mass is 79.9. The molecule has 2 N–H and O–H groups in total. The molecule has 2 nitrogen and oxygen atoms in total. The summed E-state index contributed by atoms with van der Waals surface area (Å²) in [6, 6.07) is 7.76. The van der Waals surface area contributed by atoms with Gasteiger partial charge in [0.05, 0.1) is 5.92 Å². The summed E-state index contributed by atoms with van der Waals surface area (Å²) >= 11 is 3.41. The third kappa shape index (κ3) is 4.97. The van der Waals surface area contributed by atoms with Crippen molar-refractivity contribution in [1.82, 2.24) is 4.90 Å². The molecule has 21 heavy (non-hydrogen) atoms. The average Bonchev–Trinajstić information content (AvgIpc) is 2.44. The SMILES string of the molecule is NC(CCN1CCC(C(F)(F)F)CC1)c1cccc(Br)c1. The molecule has 0 aromatic heterocycles. The van der Waals surface area contributed by atoms with Crippen molar-refractivity contribution in [2.24, 2.45) is 11.7 Å². The molecule has 0 aliphatic carbocycles. The summed E-state index contributed by atoms with van der Waals surface area (Å²) in [4.78, 5) is 2.08. The van der Waals surface area contributed by atoms with Crippen LogP contribution in [0.25, 0.3) is 0 Å². The van der Waals surface area contributed by atoms with Crippen LogP contribution in [0.4, 0.5) is 13.2 Å². The summed E-state index contributed by atoms with van der Waals surface area (Å²) in [5.74, 6) is -1.13. The van der Waals surface area contributed by atoms with E-state index in [0.717, 1.165) is 23.0 Å². The summed E-state index contributed by atoms with van der Waals surface area (Å²) in [7, 11) is 0. The molecule has 1 aromatic carbocycles. The molecule has 1 aliphatic rings. The molecule has 0 amide bonds. The van der Waals surface area contributed by atoms with E-state index in [2.05, 4.69) is 20.8 Å². The zero-order valence-corrected chi connectivity index (χ0v) is 13.3. The second kappa shape index (κ2) is 7.11. The lowest BCUT2D eigenvalue weighted by atomic mass is 9.95. The van der Waals surface area contributed by atoms with Gasteiger partial charge in [0.1, 0.15) is 0 Å². The number of nitrogens with zero attached hydrogens (tertiary/aromatic N) is 1. The maximum Gasteiger partial charge on any atom is 0.391 e. The second-order valence-corrected chi connectivity index (χ2v) is 6.52. The Labute approximate surface area is 131 Å². The first-order chi connectivity index (χ1) is 9.86. The number of piperidine rings is 1. The second-order valence-electron chi connectivity index (χ2n) is 5.61. The van der Waals surface area contributed by atoms with Crippen LogP contribution in [0.1, 0.15) is 30.9 Å². The number of benzene rings is 1. The van der Waals surface area contributed by atoms with Crippen LogP contribution in [0.15, 0.2) is 28.7 Å². The first-order valence-corrected chi connectivity index (χ1v) is 7.95. The topological polar surface area (TPSA) is 29.3 Å². The van der Waals surface area contributed by atoms with Crippen LogP contribution in [-0.4, -0.2) is 30.7 Å². The van der Waals surface area contributed by atoms with Gasteiger partial charge in [-0.2, -0.15) is 13.2 Å². The Morgan fingerprint density at radius 3 is 2.52 bits per heavy atom. The summed E-state index contributed by atoms with van der Waals surface area (Å²) in [6.07, 6.45) is -2.88. The Hall–Kier alpha value is -0.590. The maximum atomic E-state index is 12.6. The summed E-state index contributed by atoms with van der Waals surface area (Å²) < 4.78 is 38.8. The van der Waals surface area contributed by atoms with Crippen LogP contribution in [0.3, 0.4) is 0 Å². The van der Waals surface area contributed by atoms with E-state index in [-0.39, 0.29) is 18.9 Å². The van der Waals surface area contributed by atoms with E-state index < -0.39 is 12.1 Å². The number of nitrogens with two attached hydrogens (primary N) is 1. The zero-order valence-electron chi connectivity index (χ0n) is 11.7. The predicted molar refractivity (Wildman–Crippen MR) is 80.9 cm³/mol. The molecule has 1 saturated heterocycles. The number of hydrogen-bond acceptors (Lipinski definition) is 2. The third-order valence-corrected chi connectivity index (χ3v) is 4.58. The van der Waals surface area contributed by atoms with E-state index in [1.807, 2.05) is 24.3 Å². The van der Waals surface area contributed by atoms with Gasteiger partial charge in [0.25, 0.3) is 0 Å². The van der Waals surface area contributed by atoms with Crippen LogP contribution in [-0.2, 0) is 0 Å². The molecule has 1 atom stereocenters. The van der Waals surface area contributed by atoms with Crippen LogP contribution in [0.2, 0.25) is 0 Å². The number of alkyl halides is 3. The Kier molecular flexibility index (Phi) is 5.68. The van der Waals surface area contributed by atoms with E-state index in [1.54, 1.807) is 0 Å². The first-order valence-electron chi connectivity index (χ1n) is 7.16. The van der Waals surface area contributed by atoms with Crippen LogP contribution in [0, 0.1) is 5.92 Å². The fraction of sp³-hybridized carbons (Fsp3) is 0.600. The van der Waals surface area contributed by atoms with Gasteiger partial charge in [-0.05, 0) is 56.6 Å². The molecule has 1 unspecified atom stereocenters.